The Labute approximate surface area is 102 Å². The second kappa shape index (κ2) is 3.59. The monoisotopic (exact) mass is 220 g/mol. The van der Waals surface area contributed by atoms with E-state index in [0.29, 0.717) is 0 Å². The van der Waals surface area contributed by atoms with Gasteiger partial charge in [-0.3, -0.25) is 0 Å². The fourth-order valence-corrected chi connectivity index (χ4v) is 2.57. The fourth-order valence-electron chi connectivity index (χ4n) is 2.57. The highest BCUT2D eigenvalue weighted by Crippen LogP contribution is 2.29. The number of benzene rings is 3. The third kappa shape index (κ3) is 1.61. The molecule has 0 amide bonds. The minimum atomic E-state index is 1.32. The summed E-state index contributed by atoms with van der Waals surface area (Å²) in [7, 11) is 0. The normalized spacial score (nSPS) is 11.2. The van der Waals surface area contributed by atoms with E-state index >= 15 is 0 Å². The van der Waals surface area contributed by atoms with Crippen LogP contribution in [0.2, 0.25) is 0 Å². The molecule has 0 heteroatoms. The maximum absolute atomic E-state index is 2.30. The molecule has 0 N–H and O–H groups in total. The lowest BCUT2D eigenvalue weighted by molar-refractivity contribution is 1.47. The van der Waals surface area contributed by atoms with Gasteiger partial charge in [-0.1, -0.05) is 53.6 Å². The van der Waals surface area contributed by atoms with Gasteiger partial charge in [-0.15, -0.1) is 0 Å². The highest BCUT2D eigenvalue weighted by atomic mass is 14.1. The lowest BCUT2D eigenvalue weighted by atomic mass is 9.95. The van der Waals surface area contributed by atoms with Crippen molar-refractivity contribution in [3.05, 3.63) is 59.2 Å². The summed E-state index contributed by atoms with van der Waals surface area (Å²) in [4.78, 5) is 0. The number of rotatable bonds is 0. The van der Waals surface area contributed by atoms with Crippen LogP contribution < -0.4 is 0 Å². The van der Waals surface area contributed by atoms with Crippen LogP contribution in [-0.4, -0.2) is 0 Å². The predicted octanol–water partition coefficient (Wildman–Crippen LogP) is 4.92. The van der Waals surface area contributed by atoms with Crippen LogP contribution in [0.25, 0.3) is 21.5 Å². The highest BCUT2D eigenvalue weighted by Gasteiger charge is 2.04. The van der Waals surface area contributed by atoms with Crippen LogP contribution in [0.5, 0.6) is 0 Å². The van der Waals surface area contributed by atoms with E-state index in [2.05, 4.69) is 63.2 Å². The molecular formula is C17H16. The lowest BCUT2D eigenvalue weighted by Gasteiger charge is -2.09. The molecule has 0 spiro atoms. The van der Waals surface area contributed by atoms with Crippen LogP contribution in [-0.2, 0) is 0 Å². The van der Waals surface area contributed by atoms with Gasteiger partial charge in [0, 0.05) is 0 Å². The molecule has 0 aliphatic carbocycles. The van der Waals surface area contributed by atoms with E-state index in [1.165, 1.54) is 38.2 Å². The minimum Gasteiger partial charge on any atom is -0.0587 e. The van der Waals surface area contributed by atoms with Gasteiger partial charge in [0.1, 0.15) is 0 Å². The van der Waals surface area contributed by atoms with Crippen molar-refractivity contribution >= 4 is 21.5 Å². The molecule has 0 radical (unpaired) electrons. The molecular weight excluding hydrogens is 204 g/mol. The zero-order valence-electron chi connectivity index (χ0n) is 10.5. The Bertz CT molecular complexity index is 721. The Hall–Kier alpha value is -1.82. The molecule has 0 unspecified atom stereocenters. The molecule has 17 heavy (non-hydrogen) atoms. The molecule has 0 nitrogen and oxygen atoms in total. The SMILES string of the molecule is Cc1ccc2cc(C)c3ccc(C)cc3c2c1. The predicted molar refractivity (Wildman–Crippen MR) is 75.7 cm³/mol. The Morgan fingerprint density at radius 3 is 2.00 bits per heavy atom. The zero-order chi connectivity index (χ0) is 12.0. The van der Waals surface area contributed by atoms with Crippen LogP contribution in [0.4, 0.5) is 0 Å². The Morgan fingerprint density at radius 1 is 0.588 bits per heavy atom. The summed E-state index contributed by atoms with van der Waals surface area (Å²) in [5.41, 5.74) is 4.01. The van der Waals surface area contributed by atoms with Crippen LogP contribution in [0.15, 0.2) is 42.5 Å². The van der Waals surface area contributed by atoms with E-state index in [-0.39, 0.29) is 0 Å². The third-order valence-corrected chi connectivity index (χ3v) is 3.47. The van der Waals surface area contributed by atoms with Gasteiger partial charge in [0.15, 0.2) is 0 Å². The first-order valence-electron chi connectivity index (χ1n) is 6.05. The first-order valence-corrected chi connectivity index (χ1v) is 6.05. The summed E-state index contributed by atoms with van der Waals surface area (Å²) in [6.07, 6.45) is 0. The molecule has 0 fully saturated rings. The Balaban J connectivity index is 2.59. The van der Waals surface area contributed by atoms with E-state index in [9.17, 15) is 0 Å². The fraction of sp³-hybridized carbons (Fsp3) is 0.176. The minimum absolute atomic E-state index is 1.32. The van der Waals surface area contributed by atoms with Crippen molar-refractivity contribution in [2.45, 2.75) is 20.8 Å². The van der Waals surface area contributed by atoms with Gasteiger partial charge in [-0.25, -0.2) is 0 Å². The molecule has 0 aliphatic rings. The molecule has 0 bridgehead atoms. The van der Waals surface area contributed by atoms with Crippen LogP contribution in [0, 0.1) is 20.8 Å². The van der Waals surface area contributed by atoms with Gasteiger partial charge in [0.25, 0.3) is 0 Å². The Morgan fingerprint density at radius 2 is 1.24 bits per heavy atom. The molecule has 0 saturated carbocycles. The molecule has 3 aromatic carbocycles. The van der Waals surface area contributed by atoms with Crippen LogP contribution in [0.3, 0.4) is 0 Å². The molecule has 3 aromatic rings. The summed E-state index contributed by atoms with van der Waals surface area (Å²) < 4.78 is 0. The van der Waals surface area contributed by atoms with Crippen molar-refractivity contribution in [3.8, 4) is 0 Å². The van der Waals surface area contributed by atoms with Crippen molar-refractivity contribution in [1.29, 1.82) is 0 Å². The third-order valence-electron chi connectivity index (χ3n) is 3.47. The molecule has 84 valence electrons. The molecule has 0 saturated heterocycles. The second-order valence-electron chi connectivity index (χ2n) is 4.97. The molecule has 0 atom stereocenters. The number of fused-ring (bicyclic) bond motifs is 3. The summed E-state index contributed by atoms with van der Waals surface area (Å²) in [6, 6.07) is 15.7. The van der Waals surface area contributed by atoms with E-state index in [0.717, 1.165) is 0 Å². The largest absolute Gasteiger partial charge is 0.0587 e. The molecule has 0 aromatic heterocycles. The molecule has 3 rings (SSSR count). The van der Waals surface area contributed by atoms with Crippen molar-refractivity contribution in [3.63, 3.8) is 0 Å². The maximum Gasteiger partial charge on any atom is -0.0100 e. The van der Waals surface area contributed by atoms with Gasteiger partial charge < -0.3 is 0 Å². The van der Waals surface area contributed by atoms with Crippen molar-refractivity contribution in [2.75, 3.05) is 0 Å². The average Bonchev–Trinajstić information content (AvgIpc) is 2.30. The summed E-state index contributed by atoms with van der Waals surface area (Å²) in [6.45, 7) is 6.50. The van der Waals surface area contributed by atoms with E-state index < -0.39 is 0 Å². The summed E-state index contributed by atoms with van der Waals surface area (Å²) >= 11 is 0. The quantitative estimate of drug-likeness (QED) is 0.472. The van der Waals surface area contributed by atoms with Crippen molar-refractivity contribution in [2.24, 2.45) is 0 Å². The smallest absolute Gasteiger partial charge is 0.0100 e. The summed E-state index contributed by atoms with van der Waals surface area (Å²) in [5, 5.41) is 5.46. The van der Waals surface area contributed by atoms with Crippen LogP contribution >= 0.6 is 0 Å². The van der Waals surface area contributed by atoms with Gasteiger partial charge in [0.2, 0.25) is 0 Å². The van der Waals surface area contributed by atoms with Crippen molar-refractivity contribution in [1.82, 2.24) is 0 Å². The van der Waals surface area contributed by atoms with Gasteiger partial charge in [-0.2, -0.15) is 0 Å². The Kier molecular flexibility index (Phi) is 2.19. The van der Waals surface area contributed by atoms with Crippen molar-refractivity contribution < 1.29 is 0 Å². The van der Waals surface area contributed by atoms with E-state index in [4.69, 9.17) is 0 Å². The van der Waals surface area contributed by atoms with Crippen LogP contribution in [0.1, 0.15) is 16.7 Å². The van der Waals surface area contributed by atoms with Gasteiger partial charge in [0.05, 0.1) is 0 Å². The number of aryl methyl sites for hydroxylation is 3. The molecule has 0 heterocycles. The first kappa shape index (κ1) is 10.3. The number of hydrogen-bond donors (Lipinski definition) is 0. The topological polar surface area (TPSA) is 0 Å². The number of hydrogen-bond acceptors (Lipinski definition) is 0. The highest BCUT2D eigenvalue weighted by molar-refractivity contribution is 6.09. The first-order chi connectivity index (χ1) is 8.15. The summed E-state index contributed by atoms with van der Waals surface area (Å²) in [5.74, 6) is 0. The van der Waals surface area contributed by atoms with Gasteiger partial charge in [-0.05, 0) is 47.9 Å². The van der Waals surface area contributed by atoms with E-state index in [1.54, 1.807) is 0 Å². The lowest BCUT2D eigenvalue weighted by Crippen LogP contribution is -1.84. The zero-order valence-corrected chi connectivity index (χ0v) is 10.5. The maximum atomic E-state index is 2.30. The average molecular weight is 220 g/mol. The standard InChI is InChI=1S/C17H16/c1-11-4-6-14-10-13(3)15-7-5-12(2)9-17(15)16(14)8-11/h4-10H,1-3H3. The molecule has 0 aliphatic heterocycles. The van der Waals surface area contributed by atoms with Gasteiger partial charge >= 0.3 is 0 Å². The second-order valence-corrected chi connectivity index (χ2v) is 4.97. The van der Waals surface area contributed by atoms with E-state index in [1.807, 2.05) is 0 Å².